The summed E-state index contributed by atoms with van der Waals surface area (Å²) in [6, 6.07) is 18.9. The molecule has 0 bridgehead atoms. The van der Waals surface area contributed by atoms with E-state index in [9.17, 15) is 9.59 Å². The molecule has 1 N–H and O–H groups in total. The molecule has 2 aromatic heterocycles. The van der Waals surface area contributed by atoms with Crippen molar-refractivity contribution in [2.45, 2.75) is 6.54 Å². The normalized spacial score (nSPS) is 10.8. The van der Waals surface area contributed by atoms with Gasteiger partial charge < -0.3 is 10.2 Å². The van der Waals surface area contributed by atoms with Crippen LogP contribution in [0.1, 0.15) is 15.9 Å². The molecule has 7 nitrogen and oxygen atoms in total. The zero-order valence-corrected chi connectivity index (χ0v) is 18.5. The van der Waals surface area contributed by atoms with Crippen LogP contribution in [-0.4, -0.2) is 52.1 Å². The monoisotopic (exact) mass is 447 g/mol. The Morgan fingerprint density at radius 3 is 2.50 bits per heavy atom. The Hall–Kier alpha value is -3.71. The maximum absolute atomic E-state index is 13.0. The molecule has 0 saturated carbocycles. The van der Waals surface area contributed by atoms with E-state index in [4.69, 9.17) is 16.6 Å². The molecule has 32 heavy (non-hydrogen) atoms. The Morgan fingerprint density at radius 1 is 1.06 bits per heavy atom. The number of benzene rings is 2. The molecule has 4 rings (SSSR count). The van der Waals surface area contributed by atoms with Gasteiger partial charge in [0.1, 0.15) is 0 Å². The lowest BCUT2D eigenvalue weighted by Gasteiger charge is -2.12. The number of amides is 2. The lowest BCUT2D eigenvalue weighted by atomic mass is 10.1. The Bertz CT molecular complexity index is 1280. The van der Waals surface area contributed by atoms with E-state index in [0.717, 1.165) is 11.1 Å². The number of carbonyl (C=O) groups excluding carboxylic acids is 2. The van der Waals surface area contributed by atoms with Gasteiger partial charge in [-0.1, -0.05) is 60.1 Å². The standard InChI is InChI=1S/C24H22ClN5O2/c1-29(2)22(31)14-26-24(32)18-12-21(16-8-4-3-5-9-16)28-23-19(18)13-27-30(23)15-17-10-6-7-11-20(17)25/h3-13H,14-15H2,1-2H3,(H,26,32). The summed E-state index contributed by atoms with van der Waals surface area (Å²) in [7, 11) is 3.29. The van der Waals surface area contributed by atoms with Crippen LogP contribution in [0.2, 0.25) is 5.02 Å². The summed E-state index contributed by atoms with van der Waals surface area (Å²) in [5, 5.41) is 8.41. The van der Waals surface area contributed by atoms with Crippen molar-refractivity contribution in [1.29, 1.82) is 0 Å². The van der Waals surface area contributed by atoms with E-state index in [-0.39, 0.29) is 18.4 Å². The third-order valence-electron chi connectivity index (χ3n) is 5.10. The van der Waals surface area contributed by atoms with Gasteiger partial charge in [0.05, 0.1) is 35.9 Å². The number of likely N-dealkylation sites (N-methyl/N-ethyl adjacent to an activating group) is 1. The van der Waals surface area contributed by atoms with E-state index < -0.39 is 0 Å². The summed E-state index contributed by atoms with van der Waals surface area (Å²) in [4.78, 5) is 31.2. The molecule has 4 aromatic rings. The zero-order valence-electron chi connectivity index (χ0n) is 17.7. The maximum Gasteiger partial charge on any atom is 0.252 e. The van der Waals surface area contributed by atoms with Crippen molar-refractivity contribution in [3.8, 4) is 11.3 Å². The number of pyridine rings is 1. The first-order valence-corrected chi connectivity index (χ1v) is 10.5. The summed E-state index contributed by atoms with van der Waals surface area (Å²) in [6.45, 7) is 0.318. The summed E-state index contributed by atoms with van der Waals surface area (Å²) >= 11 is 6.34. The smallest absolute Gasteiger partial charge is 0.252 e. The van der Waals surface area contributed by atoms with Crippen LogP contribution in [0.15, 0.2) is 66.9 Å². The lowest BCUT2D eigenvalue weighted by molar-refractivity contribution is -0.127. The third-order valence-corrected chi connectivity index (χ3v) is 5.47. The molecule has 0 atom stereocenters. The van der Waals surface area contributed by atoms with E-state index in [1.54, 1.807) is 31.0 Å². The van der Waals surface area contributed by atoms with E-state index in [1.165, 1.54) is 4.90 Å². The molecule has 0 aliphatic heterocycles. The molecule has 0 unspecified atom stereocenters. The molecule has 0 aliphatic rings. The van der Waals surface area contributed by atoms with Crippen LogP contribution in [0, 0.1) is 0 Å². The average molecular weight is 448 g/mol. The predicted molar refractivity (Wildman–Crippen MR) is 125 cm³/mol. The summed E-state index contributed by atoms with van der Waals surface area (Å²) < 4.78 is 1.73. The molecule has 0 saturated heterocycles. The quantitative estimate of drug-likeness (QED) is 0.489. The van der Waals surface area contributed by atoms with E-state index in [2.05, 4.69) is 10.4 Å². The van der Waals surface area contributed by atoms with E-state index in [0.29, 0.717) is 33.9 Å². The van der Waals surface area contributed by atoms with Crippen molar-refractivity contribution in [1.82, 2.24) is 25.0 Å². The molecule has 0 aliphatic carbocycles. The van der Waals surface area contributed by atoms with E-state index in [1.807, 2.05) is 54.6 Å². The number of nitrogens with one attached hydrogen (secondary N) is 1. The van der Waals surface area contributed by atoms with Gasteiger partial charge in [0.2, 0.25) is 5.91 Å². The van der Waals surface area contributed by atoms with Gasteiger partial charge in [0, 0.05) is 24.7 Å². The minimum atomic E-state index is -0.359. The third kappa shape index (κ3) is 4.48. The van der Waals surface area contributed by atoms with Crippen LogP contribution in [0.4, 0.5) is 0 Å². The molecule has 2 amide bonds. The Morgan fingerprint density at radius 2 is 1.78 bits per heavy atom. The number of aromatic nitrogens is 3. The van der Waals surface area contributed by atoms with Crippen LogP contribution in [0.3, 0.4) is 0 Å². The topological polar surface area (TPSA) is 80.1 Å². The van der Waals surface area contributed by atoms with Crippen molar-refractivity contribution in [2.24, 2.45) is 0 Å². The molecule has 8 heteroatoms. The number of halogens is 1. The SMILES string of the molecule is CN(C)C(=O)CNC(=O)c1cc(-c2ccccc2)nc2c1cnn2Cc1ccccc1Cl. The number of carbonyl (C=O) groups is 2. The highest BCUT2D eigenvalue weighted by Gasteiger charge is 2.19. The van der Waals surface area contributed by atoms with Crippen LogP contribution in [0.5, 0.6) is 0 Å². The highest BCUT2D eigenvalue weighted by Crippen LogP contribution is 2.26. The molecule has 2 aromatic carbocycles. The van der Waals surface area contributed by atoms with Gasteiger partial charge in [0.25, 0.3) is 5.91 Å². The molecule has 2 heterocycles. The number of hydrogen-bond acceptors (Lipinski definition) is 4. The second kappa shape index (κ2) is 9.20. The fourth-order valence-electron chi connectivity index (χ4n) is 3.31. The van der Waals surface area contributed by atoms with Crippen LogP contribution >= 0.6 is 11.6 Å². The van der Waals surface area contributed by atoms with Crippen molar-refractivity contribution in [3.05, 3.63) is 83.0 Å². The minimum Gasteiger partial charge on any atom is -0.347 e. The van der Waals surface area contributed by atoms with Crippen molar-refractivity contribution in [2.75, 3.05) is 20.6 Å². The van der Waals surface area contributed by atoms with Gasteiger partial charge in [-0.15, -0.1) is 0 Å². The maximum atomic E-state index is 13.0. The fourth-order valence-corrected chi connectivity index (χ4v) is 3.50. The van der Waals surface area contributed by atoms with Crippen LogP contribution < -0.4 is 5.32 Å². The fraction of sp³-hybridized carbons (Fsp3) is 0.167. The Labute approximate surface area is 190 Å². The lowest BCUT2D eigenvalue weighted by Crippen LogP contribution is -2.36. The molecule has 0 radical (unpaired) electrons. The first-order chi connectivity index (χ1) is 15.4. The molecular formula is C24H22ClN5O2. The van der Waals surface area contributed by atoms with Crippen LogP contribution in [0.25, 0.3) is 22.3 Å². The first kappa shape index (κ1) is 21.5. The number of rotatable bonds is 6. The Kier molecular flexibility index (Phi) is 6.18. The second-order valence-electron chi connectivity index (χ2n) is 7.52. The van der Waals surface area contributed by atoms with Gasteiger partial charge in [0.15, 0.2) is 5.65 Å². The van der Waals surface area contributed by atoms with Gasteiger partial charge in [-0.25, -0.2) is 9.67 Å². The van der Waals surface area contributed by atoms with Gasteiger partial charge in [-0.05, 0) is 17.7 Å². The first-order valence-electron chi connectivity index (χ1n) is 10.1. The predicted octanol–water partition coefficient (Wildman–Crippen LogP) is 3.62. The van der Waals surface area contributed by atoms with Gasteiger partial charge >= 0.3 is 0 Å². The molecular weight excluding hydrogens is 426 g/mol. The summed E-state index contributed by atoms with van der Waals surface area (Å²) in [5.41, 5.74) is 3.39. The van der Waals surface area contributed by atoms with E-state index >= 15 is 0 Å². The summed E-state index contributed by atoms with van der Waals surface area (Å²) in [5.74, 6) is -0.552. The van der Waals surface area contributed by atoms with Crippen molar-refractivity contribution < 1.29 is 9.59 Å². The number of hydrogen-bond donors (Lipinski definition) is 1. The Balaban J connectivity index is 1.78. The number of nitrogens with zero attached hydrogens (tertiary/aromatic N) is 4. The highest BCUT2D eigenvalue weighted by atomic mass is 35.5. The molecule has 0 fully saturated rings. The highest BCUT2D eigenvalue weighted by molar-refractivity contribution is 6.31. The van der Waals surface area contributed by atoms with Crippen molar-refractivity contribution >= 4 is 34.4 Å². The molecule has 162 valence electrons. The van der Waals surface area contributed by atoms with Crippen LogP contribution in [-0.2, 0) is 11.3 Å². The summed E-state index contributed by atoms with van der Waals surface area (Å²) in [6.07, 6.45) is 1.62. The zero-order chi connectivity index (χ0) is 22.7. The molecule has 0 spiro atoms. The average Bonchev–Trinajstić information content (AvgIpc) is 3.21. The number of fused-ring (bicyclic) bond motifs is 1. The van der Waals surface area contributed by atoms with Crippen molar-refractivity contribution in [3.63, 3.8) is 0 Å². The largest absolute Gasteiger partial charge is 0.347 e. The van der Waals surface area contributed by atoms with Gasteiger partial charge in [-0.2, -0.15) is 5.10 Å². The minimum absolute atomic E-state index is 0.0932. The second-order valence-corrected chi connectivity index (χ2v) is 7.93. The van der Waals surface area contributed by atoms with Gasteiger partial charge in [-0.3, -0.25) is 9.59 Å².